The zero-order valence-corrected chi connectivity index (χ0v) is 7.07. The first-order valence-electron chi connectivity index (χ1n) is 1.53. The highest BCUT2D eigenvalue weighted by molar-refractivity contribution is 8.31. The van der Waals surface area contributed by atoms with Gasteiger partial charge in [-0.25, -0.2) is 4.21 Å². The molecule has 0 saturated carbocycles. The average molecular weight is 195 g/mol. The summed E-state index contributed by atoms with van der Waals surface area (Å²) in [5.74, 6) is 0. The van der Waals surface area contributed by atoms with Crippen LogP contribution in [0.5, 0.6) is 0 Å². The van der Waals surface area contributed by atoms with Crippen molar-refractivity contribution in [2.75, 3.05) is 7.05 Å². The molecule has 0 aromatic heterocycles. The number of nitrogens with one attached hydrogen (secondary N) is 1. The van der Waals surface area contributed by atoms with Crippen molar-refractivity contribution in [3.8, 4) is 0 Å². The molecule has 0 heterocycles. The van der Waals surface area contributed by atoms with Crippen LogP contribution in [0.25, 0.3) is 0 Å². The lowest BCUT2D eigenvalue weighted by atomic mass is 11.6. The van der Waals surface area contributed by atoms with Crippen molar-refractivity contribution in [1.29, 1.82) is 0 Å². The van der Waals surface area contributed by atoms with Crippen LogP contribution >= 0.6 is 23.6 Å². The maximum absolute atomic E-state index is 10.6. The van der Waals surface area contributed by atoms with Crippen molar-refractivity contribution in [1.82, 2.24) is 8.07 Å². The second-order valence-corrected chi connectivity index (χ2v) is 5.15. The van der Waals surface area contributed by atoms with Gasteiger partial charge in [0.25, 0.3) is 0 Å². The SMILES string of the molecule is CN(Cl)S(=O)(=S)NCl. The van der Waals surface area contributed by atoms with E-state index in [0.717, 1.165) is 3.82 Å². The topological polar surface area (TPSA) is 32.3 Å². The summed E-state index contributed by atoms with van der Waals surface area (Å²) in [4.78, 5) is 0. The Bertz CT molecular complexity index is 151. The summed E-state index contributed by atoms with van der Waals surface area (Å²) in [7, 11) is -1.44. The van der Waals surface area contributed by atoms with Crippen LogP contribution < -0.4 is 4.24 Å². The highest BCUT2D eigenvalue weighted by Crippen LogP contribution is 1.97. The largest absolute Gasteiger partial charge is 0.222 e. The summed E-state index contributed by atoms with van der Waals surface area (Å²) in [6.07, 6.45) is 0. The molecule has 0 radical (unpaired) electrons. The quantitative estimate of drug-likeness (QED) is 0.646. The minimum absolute atomic E-state index is 0.815. The molecule has 0 aliphatic carbocycles. The Balaban J connectivity index is 4.17. The third-order valence-electron chi connectivity index (χ3n) is 0.429. The maximum Gasteiger partial charge on any atom is 0.182 e. The van der Waals surface area contributed by atoms with Gasteiger partial charge in [-0.2, -0.15) is 0 Å². The molecular formula is CH4Cl2N2OS2. The molecule has 1 unspecified atom stereocenters. The van der Waals surface area contributed by atoms with Crippen LogP contribution in [0.1, 0.15) is 0 Å². The van der Waals surface area contributed by atoms with E-state index in [1.165, 1.54) is 7.05 Å². The molecule has 7 heteroatoms. The second-order valence-electron chi connectivity index (χ2n) is 0.973. The second kappa shape index (κ2) is 3.14. The molecule has 0 fully saturated rings. The van der Waals surface area contributed by atoms with Crippen LogP contribution in [0, 0.1) is 0 Å². The Hall–Kier alpha value is 0.870. The molecule has 0 aliphatic rings. The molecule has 0 amide bonds. The Labute approximate surface area is 63.1 Å². The minimum atomic E-state index is -2.79. The van der Waals surface area contributed by atoms with Gasteiger partial charge in [0.05, 0.1) is 0 Å². The van der Waals surface area contributed by atoms with E-state index in [2.05, 4.69) is 11.2 Å². The lowest BCUT2D eigenvalue weighted by molar-refractivity contribution is 0.652. The van der Waals surface area contributed by atoms with Gasteiger partial charge in [-0.05, 0) is 23.6 Å². The van der Waals surface area contributed by atoms with Crippen molar-refractivity contribution in [3.05, 3.63) is 0 Å². The molecule has 0 aromatic carbocycles. The van der Waals surface area contributed by atoms with E-state index >= 15 is 0 Å². The standard InChI is InChI=1S/CH4Cl2N2OS2/c1-5(3)8(6,7)4-2/h4H,1H3. The number of nitrogens with zero attached hydrogens (tertiary/aromatic N) is 1. The summed E-state index contributed by atoms with van der Waals surface area (Å²) in [5, 5.41) is 0. The van der Waals surface area contributed by atoms with Crippen molar-refractivity contribution >= 4 is 43.6 Å². The van der Waals surface area contributed by atoms with Gasteiger partial charge >= 0.3 is 0 Å². The van der Waals surface area contributed by atoms with Crippen LogP contribution in [-0.2, 0) is 20.1 Å². The van der Waals surface area contributed by atoms with Crippen LogP contribution in [0.3, 0.4) is 0 Å². The molecule has 1 N–H and O–H groups in total. The maximum atomic E-state index is 10.6. The first-order valence-corrected chi connectivity index (χ1v) is 4.68. The normalized spacial score (nSPS) is 18.5. The predicted octanol–water partition coefficient (Wildman–Crippen LogP) is 0.392. The Morgan fingerprint density at radius 1 is 1.88 bits per heavy atom. The van der Waals surface area contributed by atoms with Crippen LogP contribution in [0.15, 0.2) is 0 Å². The summed E-state index contributed by atoms with van der Waals surface area (Å²) in [6.45, 7) is 0. The minimum Gasteiger partial charge on any atom is -0.222 e. The van der Waals surface area contributed by atoms with Crippen molar-refractivity contribution in [3.63, 3.8) is 0 Å². The van der Waals surface area contributed by atoms with E-state index in [4.69, 9.17) is 23.6 Å². The van der Waals surface area contributed by atoms with E-state index in [0.29, 0.717) is 0 Å². The lowest BCUT2D eigenvalue weighted by Crippen LogP contribution is -2.24. The van der Waals surface area contributed by atoms with Crippen LogP contribution in [0.4, 0.5) is 0 Å². The predicted molar refractivity (Wildman–Crippen MR) is 38.1 cm³/mol. The molecule has 0 saturated heterocycles. The molecule has 0 spiro atoms. The molecule has 0 bridgehead atoms. The molecular weight excluding hydrogens is 191 g/mol. The van der Waals surface area contributed by atoms with Gasteiger partial charge in [-0.15, -0.1) is 8.07 Å². The molecule has 0 rings (SSSR count). The van der Waals surface area contributed by atoms with Gasteiger partial charge in [-0.3, -0.25) is 0 Å². The Kier molecular flexibility index (Phi) is 3.49. The lowest BCUT2D eigenvalue weighted by Gasteiger charge is -2.06. The highest BCUT2D eigenvalue weighted by Gasteiger charge is 2.06. The fourth-order valence-electron chi connectivity index (χ4n) is 0.0475. The van der Waals surface area contributed by atoms with E-state index < -0.39 is 8.86 Å². The molecule has 50 valence electrons. The molecule has 1 atom stereocenters. The Morgan fingerprint density at radius 3 is 2.25 bits per heavy atom. The van der Waals surface area contributed by atoms with E-state index in [-0.39, 0.29) is 0 Å². The van der Waals surface area contributed by atoms with Gasteiger partial charge in [-0.1, -0.05) is 0 Å². The smallest absolute Gasteiger partial charge is 0.182 e. The van der Waals surface area contributed by atoms with Crippen LogP contribution in [-0.4, -0.2) is 15.1 Å². The number of rotatable bonds is 2. The summed E-state index contributed by atoms with van der Waals surface area (Å²) in [6, 6.07) is 0. The number of hydrogen-bond acceptors (Lipinski definition) is 2. The van der Waals surface area contributed by atoms with E-state index in [9.17, 15) is 4.21 Å². The molecule has 8 heavy (non-hydrogen) atoms. The fraction of sp³-hybridized carbons (Fsp3) is 1.00. The first kappa shape index (κ1) is 8.87. The van der Waals surface area contributed by atoms with Gasteiger partial charge in [0, 0.05) is 18.2 Å². The van der Waals surface area contributed by atoms with Crippen molar-refractivity contribution in [2.24, 2.45) is 0 Å². The summed E-state index contributed by atoms with van der Waals surface area (Å²) in [5.41, 5.74) is 0. The zero-order chi connectivity index (χ0) is 6.78. The van der Waals surface area contributed by atoms with Gasteiger partial charge < -0.3 is 0 Å². The third-order valence-corrected chi connectivity index (χ3v) is 3.94. The molecule has 3 nitrogen and oxygen atoms in total. The van der Waals surface area contributed by atoms with E-state index in [1.807, 2.05) is 4.24 Å². The Morgan fingerprint density at radius 2 is 2.25 bits per heavy atom. The summed E-state index contributed by atoms with van der Waals surface area (Å²) < 4.78 is 13.3. The highest BCUT2D eigenvalue weighted by atomic mass is 35.5. The van der Waals surface area contributed by atoms with Gasteiger partial charge in [0.2, 0.25) is 0 Å². The van der Waals surface area contributed by atoms with Crippen LogP contribution in [0.2, 0.25) is 0 Å². The van der Waals surface area contributed by atoms with Crippen molar-refractivity contribution < 1.29 is 4.21 Å². The average Bonchev–Trinajstić information content (AvgIpc) is 1.67. The van der Waals surface area contributed by atoms with Gasteiger partial charge in [0.1, 0.15) is 0 Å². The monoisotopic (exact) mass is 194 g/mol. The van der Waals surface area contributed by atoms with Gasteiger partial charge in [0.15, 0.2) is 8.86 Å². The fourth-order valence-corrected chi connectivity index (χ4v) is 0.663. The third kappa shape index (κ3) is 2.43. The molecule has 0 aromatic rings. The summed E-state index contributed by atoms with van der Waals surface area (Å²) >= 11 is 14.5. The first-order chi connectivity index (χ1) is 3.50. The molecule has 0 aliphatic heterocycles. The van der Waals surface area contributed by atoms with E-state index in [1.54, 1.807) is 0 Å². The number of halogens is 2. The number of hydrogen-bond donors (Lipinski definition) is 1. The van der Waals surface area contributed by atoms with Crippen molar-refractivity contribution in [2.45, 2.75) is 0 Å². The zero-order valence-electron chi connectivity index (χ0n) is 3.93.